The Hall–Kier alpha value is -0.730. The number of aliphatic hydroxyl groups is 4. The van der Waals surface area contributed by atoms with Crippen LogP contribution in [0.5, 0.6) is 0 Å². The Bertz CT molecular complexity index is 287. The van der Waals surface area contributed by atoms with Gasteiger partial charge in [-0.3, -0.25) is 4.79 Å². The van der Waals surface area contributed by atoms with Crippen LogP contribution < -0.4 is 5.32 Å². The Morgan fingerprint density at radius 3 is 2.47 bits per heavy atom. The minimum atomic E-state index is -1.45. The fourth-order valence-corrected chi connectivity index (χ4v) is 2.05. The van der Waals surface area contributed by atoms with Gasteiger partial charge in [0.05, 0.1) is 6.61 Å². The number of aliphatic hydroxyl groups excluding tert-OH is 4. The first kappa shape index (κ1) is 16.3. The Labute approximate surface area is 112 Å². The summed E-state index contributed by atoms with van der Waals surface area (Å²) in [4.78, 5) is 11.6. The van der Waals surface area contributed by atoms with Crippen LogP contribution in [-0.4, -0.2) is 63.6 Å². The van der Waals surface area contributed by atoms with E-state index in [9.17, 15) is 20.1 Å². The largest absolute Gasteiger partial charge is 0.394 e. The van der Waals surface area contributed by atoms with E-state index in [4.69, 9.17) is 9.84 Å². The van der Waals surface area contributed by atoms with E-state index in [2.05, 4.69) is 5.32 Å². The summed E-state index contributed by atoms with van der Waals surface area (Å²) in [5.41, 5.74) is 0. The standard InChI is InChI=1S/C12H23NO6/c1-2-3-4-5-8(15)13-9-11(17)10(16)7(6-14)19-12(9)18/h7,9-12,14,16-18H,2-6H2,1H3,(H,13,15)/t7-,9+,10+,11-,12-/m0/s1. The van der Waals surface area contributed by atoms with Crippen molar-refractivity contribution in [3.05, 3.63) is 0 Å². The van der Waals surface area contributed by atoms with Gasteiger partial charge in [0.25, 0.3) is 0 Å². The van der Waals surface area contributed by atoms with Crippen LogP contribution in [0, 0.1) is 0 Å². The minimum Gasteiger partial charge on any atom is -0.394 e. The maximum absolute atomic E-state index is 11.6. The first-order valence-corrected chi connectivity index (χ1v) is 6.61. The molecule has 1 fully saturated rings. The van der Waals surface area contributed by atoms with Gasteiger partial charge < -0.3 is 30.5 Å². The second-order valence-electron chi connectivity index (χ2n) is 4.78. The van der Waals surface area contributed by atoms with Crippen molar-refractivity contribution in [2.45, 2.75) is 63.3 Å². The molecule has 0 radical (unpaired) electrons. The van der Waals surface area contributed by atoms with Crippen LogP contribution in [0.4, 0.5) is 0 Å². The maximum Gasteiger partial charge on any atom is 0.220 e. The maximum atomic E-state index is 11.6. The number of hydrogen-bond donors (Lipinski definition) is 5. The second kappa shape index (κ2) is 7.76. The van der Waals surface area contributed by atoms with Crippen molar-refractivity contribution >= 4 is 5.91 Å². The SMILES string of the molecule is CCCCCC(=O)N[C@@H]1[C@H](O)[C@H](O)[C@H](CO)O[C@@H]1O. The van der Waals surface area contributed by atoms with Crippen molar-refractivity contribution < 1.29 is 30.0 Å². The fourth-order valence-electron chi connectivity index (χ4n) is 2.05. The first-order chi connectivity index (χ1) is 9.01. The van der Waals surface area contributed by atoms with Gasteiger partial charge >= 0.3 is 0 Å². The first-order valence-electron chi connectivity index (χ1n) is 6.61. The van der Waals surface area contributed by atoms with E-state index >= 15 is 0 Å². The highest BCUT2D eigenvalue weighted by atomic mass is 16.6. The van der Waals surface area contributed by atoms with Gasteiger partial charge in [0.15, 0.2) is 6.29 Å². The van der Waals surface area contributed by atoms with Gasteiger partial charge in [0.1, 0.15) is 24.4 Å². The molecule has 0 unspecified atom stereocenters. The lowest BCUT2D eigenvalue weighted by atomic mass is 9.97. The fraction of sp³-hybridized carbons (Fsp3) is 0.917. The molecular weight excluding hydrogens is 254 g/mol. The lowest BCUT2D eigenvalue weighted by molar-refractivity contribution is -0.253. The summed E-state index contributed by atoms with van der Waals surface area (Å²) in [5.74, 6) is -0.310. The molecule has 19 heavy (non-hydrogen) atoms. The van der Waals surface area contributed by atoms with Crippen molar-refractivity contribution in [3.63, 3.8) is 0 Å². The monoisotopic (exact) mass is 277 g/mol. The van der Waals surface area contributed by atoms with Crippen LogP contribution in [0.25, 0.3) is 0 Å². The summed E-state index contributed by atoms with van der Waals surface area (Å²) in [6.45, 7) is 1.50. The average molecular weight is 277 g/mol. The molecule has 1 rings (SSSR count). The molecule has 1 saturated heterocycles. The molecule has 0 aromatic carbocycles. The van der Waals surface area contributed by atoms with Gasteiger partial charge in [-0.05, 0) is 6.42 Å². The predicted octanol–water partition coefficient (Wildman–Crippen LogP) is -1.52. The lowest BCUT2D eigenvalue weighted by Gasteiger charge is -2.40. The summed E-state index contributed by atoms with van der Waals surface area (Å²) in [6.07, 6.45) is -2.31. The number of nitrogens with one attached hydrogen (secondary N) is 1. The molecule has 0 bridgehead atoms. The summed E-state index contributed by atoms with van der Waals surface area (Å²) in [7, 11) is 0. The Kier molecular flexibility index (Phi) is 6.67. The van der Waals surface area contributed by atoms with Crippen LogP contribution in [0.1, 0.15) is 32.6 Å². The van der Waals surface area contributed by atoms with Crippen LogP contribution in [0.15, 0.2) is 0 Å². The molecule has 1 amide bonds. The number of hydrogen-bond acceptors (Lipinski definition) is 6. The third-order valence-corrected chi connectivity index (χ3v) is 3.24. The molecule has 1 heterocycles. The summed E-state index contributed by atoms with van der Waals surface area (Å²) < 4.78 is 4.94. The van der Waals surface area contributed by atoms with E-state index in [0.29, 0.717) is 6.42 Å². The number of carbonyl (C=O) groups is 1. The van der Waals surface area contributed by atoms with E-state index in [1.165, 1.54) is 0 Å². The van der Waals surface area contributed by atoms with Crippen molar-refractivity contribution in [1.29, 1.82) is 0 Å². The van der Waals surface area contributed by atoms with Crippen molar-refractivity contribution in [2.24, 2.45) is 0 Å². The highest BCUT2D eigenvalue weighted by Gasteiger charge is 2.44. The van der Waals surface area contributed by atoms with Crippen LogP contribution in [0.2, 0.25) is 0 Å². The summed E-state index contributed by atoms with van der Waals surface area (Å²) >= 11 is 0. The molecule has 112 valence electrons. The Balaban J connectivity index is 2.50. The van der Waals surface area contributed by atoms with E-state index in [1.54, 1.807) is 0 Å². The van der Waals surface area contributed by atoms with E-state index in [-0.39, 0.29) is 5.91 Å². The third-order valence-electron chi connectivity index (χ3n) is 3.24. The van der Waals surface area contributed by atoms with Gasteiger partial charge in [-0.25, -0.2) is 0 Å². The number of amides is 1. The molecule has 0 aliphatic carbocycles. The zero-order valence-corrected chi connectivity index (χ0v) is 11.0. The average Bonchev–Trinajstić information content (AvgIpc) is 2.39. The molecule has 5 atom stereocenters. The molecule has 7 heteroatoms. The Morgan fingerprint density at radius 2 is 1.89 bits per heavy atom. The zero-order chi connectivity index (χ0) is 14.4. The van der Waals surface area contributed by atoms with E-state index in [0.717, 1.165) is 19.3 Å². The highest BCUT2D eigenvalue weighted by Crippen LogP contribution is 2.19. The van der Waals surface area contributed by atoms with Gasteiger partial charge in [-0.15, -0.1) is 0 Å². The molecular formula is C12H23NO6. The molecule has 0 aromatic heterocycles. The third kappa shape index (κ3) is 4.39. The summed E-state index contributed by atoms with van der Waals surface area (Å²) in [5, 5.41) is 40.5. The molecule has 1 aliphatic rings. The quantitative estimate of drug-likeness (QED) is 0.376. The number of unbranched alkanes of at least 4 members (excludes halogenated alkanes) is 2. The number of carbonyl (C=O) groups excluding carboxylic acids is 1. The van der Waals surface area contributed by atoms with Crippen LogP contribution in [-0.2, 0) is 9.53 Å². The Morgan fingerprint density at radius 1 is 1.21 bits per heavy atom. The molecule has 0 saturated carbocycles. The van der Waals surface area contributed by atoms with Crippen LogP contribution >= 0.6 is 0 Å². The number of ether oxygens (including phenoxy) is 1. The van der Waals surface area contributed by atoms with Crippen molar-refractivity contribution in [3.8, 4) is 0 Å². The van der Waals surface area contributed by atoms with Crippen molar-refractivity contribution in [2.75, 3.05) is 6.61 Å². The van der Waals surface area contributed by atoms with Gasteiger partial charge in [-0.2, -0.15) is 0 Å². The zero-order valence-electron chi connectivity index (χ0n) is 11.0. The van der Waals surface area contributed by atoms with E-state index < -0.39 is 37.3 Å². The second-order valence-corrected chi connectivity index (χ2v) is 4.78. The van der Waals surface area contributed by atoms with Crippen LogP contribution in [0.3, 0.4) is 0 Å². The van der Waals surface area contributed by atoms with Gasteiger partial charge in [0.2, 0.25) is 5.91 Å². The molecule has 0 aromatic rings. The minimum absolute atomic E-state index is 0.295. The molecule has 0 spiro atoms. The molecule has 5 N–H and O–H groups in total. The topological polar surface area (TPSA) is 119 Å². The summed E-state index contributed by atoms with van der Waals surface area (Å²) in [6, 6.07) is -1.09. The van der Waals surface area contributed by atoms with E-state index in [1.807, 2.05) is 6.92 Å². The predicted molar refractivity (Wildman–Crippen MR) is 66.1 cm³/mol. The van der Waals surface area contributed by atoms with Gasteiger partial charge in [0, 0.05) is 6.42 Å². The highest BCUT2D eigenvalue weighted by molar-refractivity contribution is 5.76. The lowest BCUT2D eigenvalue weighted by Crippen LogP contribution is -2.64. The molecule has 7 nitrogen and oxygen atoms in total. The normalized spacial score (nSPS) is 35.1. The smallest absolute Gasteiger partial charge is 0.220 e. The van der Waals surface area contributed by atoms with Gasteiger partial charge in [-0.1, -0.05) is 19.8 Å². The molecule has 1 aliphatic heterocycles. The number of rotatable bonds is 6. The van der Waals surface area contributed by atoms with Crippen molar-refractivity contribution in [1.82, 2.24) is 5.32 Å².